The molecule has 13 heteroatoms. The van der Waals surface area contributed by atoms with Crippen LogP contribution in [0.2, 0.25) is 0 Å². The van der Waals surface area contributed by atoms with Crippen LogP contribution in [0.15, 0.2) is 29.4 Å². The number of aliphatic carboxylic acids is 3. The van der Waals surface area contributed by atoms with E-state index in [2.05, 4.69) is 5.18 Å². The van der Waals surface area contributed by atoms with Gasteiger partial charge in [0.1, 0.15) is 0 Å². The van der Waals surface area contributed by atoms with Crippen molar-refractivity contribution in [1.29, 1.82) is 0 Å². The van der Waals surface area contributed by atoms with Crippen molar-refractivity contribution >= 4 is 23.8 Å². The molecule has 1 aromatic rings. The van der Waals surface area contributed by atoms with E-state index < -0.39 is 23.8 Å². The van der Waals surface area contributed by atoms with Gasteiger partial charge in [-0.1, -0.05) is 29.8 Å². The lowest BCUT2D eigenvalue weighted by molar-refractivity contribution is -0.139. The fourth-order valence-corrected chi connectivity index (χ4v) is 3.99. The van der Waals surface area contributed by atoms with E-state index in [-0.39, 0.29) is 32.6 Å². The fourth-order valence-electron chi connectivity index (χ4n) is 3.99. The zero-order chi connectivity index (χ0) is 29.2. The lowest BCUT2D eigenvalue weighted by Gasteiger charge is -2.29. The molecule has 1 amide bonds. The minimum Gasteiger partial charge on any atom is -0.481 e. The van der Waals surface area contributed by atoms with Gasteiger partial charge >= 0.3 is 17.9 Å². The van der Waals surface area contributed by atoms with Crippen molar-refractivity contribution in [2.24, 2.45) is 5.18 Å². The molecule has 0 heterocycles. The molecule has 1 aromatic carbocycles. The molecule has 0 aliphatic rings. The molecule has 0 fully saturated rings. The van der Waals surface area contributed by atoms with Gasteiger partial charge in [0.2, 0.25) is 0 Å². The Morgan fingerprint density at radius 1 is 0.692 bits per heavy atom. The van der Waals surface area contributed by atoms with Crippen LogP contribution < -0.4 is 0 Å². The summed E-state index contributed by atoms with van der Waals surface area (Å²) in [7, 11) is 1.66. The average molecular weight is 552 g/mol. The van der Waals surface area contributed by atoms with Crippen LogP contribution in [-0.4, -0.2) is 138 Å². The van der Waals surface area contributed by atoms with E-state index in [4.69, 9.17) is 10.2 Å². The van der Waals surface area contributed by atoms with E-state index in [1.807, 2.05) is 36.1 Å². The van der Waals surface area contributed by atoms with E-state index >= 15 is 0 Å². The first kappa shape index (κ1) is 33.8. The van der Waals surface area contributed by atoms with Crippen molar-refractivity contribution in [2.75, 3.05) is 79.0 Å². The van der Waals surface area contributed by atoms with Crippen molar-refractivity contribution in [3.63, 3.8) is 0 Å². The normalized spacial score (nSPS) is 11.4. The predicted octanol–water partition coefficient (Wildman–Crippen LogP) is 0.702. The topological polar surface area (TPSA) is 171 Å². The van der Waals surface area contributed by atoms with E-state index in [9.17, 15) is 29.2 Å². The van der Waals surface area contributed by atoms with E-state index in [0.29, 0.717) is 45.8 Å². The second-order valence-electron chi connectivity index (χ2n) is 9.64. The maximum atomic E-state index is 11.7. The third kappa shape index (κ3) is 17.0. The van der Waals surface area contributed by atoms with Gasteiger partial charge in [-0.3, -0.25) is 33.9 Å². The van der Waals surface area contributed by atoms with Crippen LogP contribution in [0.1, 0.15) is 24.0 Å². The molecule has 0 aromatic heterocycles. The summed E-state index contributed by atoms with van der Waals surface area (Å²) in [6, 6.07) is 8.14. The number of carbonyl (C=O) groups excluding carboxylic acids is 1. The molecular weight excluding hydrogens is 510 g/mol. The number of carbonyl (C=O) groups is 4. The second kappa shape index (κ2) is 18.9. The maximum Gasteiger partial charge on any atom is 0.317 e. The Hall–Kier alpha value is -3.26. The molecule has 0 radical (unpaired) electrons. The molecule has 0 saturated heterocycles. The molecule has 218 valence electrons. The number of hydrogen-bond donors (Lipinski definition) is 3. The number of aryl methyl sites for hydroxylation is 2. The molecule has 13 nitrogen and oxygen atoms in total. The Morgan fingerprint density at radius 2 is 1.23 bits per heavy atom. The van der Waals surface area contributed by atoms with Crippen LogP contribution in [0.4, 0.5) is 0 Å². The molecule has 0 spiro atoms. The summed E-state index contributed by atoms with van der Waals surface area (Å²) in [5.41, 5.74) is 2.32. The molecular formula is C26H41N5O8. The molecule has 39 heavy (non-hydrogen) atoms. The molecule has 0 saturated carbocycles. The quantitative estimate of drug-likeness (QED) is 0.173. The van der Waals surface area contributed by atoms with Crippen LogP contribution in [-0.2, 0) is 25.6 Å². The summed E-state index contributed by atoms with van der Waals surface area (Å²) in [6.07, 6.45) is 1.42. The number of nitroso groups, excluding NO2 is 1. The molecule has 1 rings (SSSR count). The monoisotopic (exact) mass is 551 g/mol. The second-order valence-corrected chi connectivity index (χ2v) is 9.64. The lowest BCUT2D eigenvalue weighted by Crippen LogP contribution is -2.44. The van der Waals surface area contributed by atoms with E-state index in [1.165, 1.54) is 0 Å². The lowest BCUT2D eigenvalue weighted by atomic mass is 10.1. The van der Waals surface area contributed by atoms with Crippen LogP contribution >= 0.6 is 0 Å². The highest BCUT2D eigenvalue weighted by molar-refractivity contribution is 5.78. The third-order valence-corrected chi connectivity index (χ3v) is 6.19. The van der Waals surface area contributed by atoms with E-state index in [1.54, 1.807) is 21.7 Å². The minimum absolute atomic E-state index is 0.100. The van der Waals surface area contributed by atoms with Crippen molar-refractivity contribution < 1.29 is 34.5 Å². The summed E-state index contributed by atoms with van der Waals surface area (Å²) in [5.74, 6) is -3.74. The number of hydrogen-bond acceptors (Lipinski definition) is 9. The maximum absolute atomic E-state index is 11.7. The first-order valence-electron chi connectivity index (χ1n) is 12.9. The summed E-state index contributed by atoms with van der Waals surface area (Å²) >= 11 is 0. The summed E-state index contributed by atoms with van der Waals surface area (Å²) in [4.78, 5) is 62.9. The largest absolute Gasteiger partial charge is 0.481 e. The molecule has 0 atom stereocenters. The number of carboxylic acid groups (broad SMARTS) is 3. The Kier molecular flexibility index (Phi) is 16.4. The highest BCUT2D eigenvalue weighted by atomic mass is 16.4. The van der Waals surface area contributed by atoms with Crippen LogP contribution in [0, 0.1) is 11.8 Å². The summed E-state index contributed by atoms with van der Waals surface area (Å²) in [6.45, 7) is 4.41. The number of amides is 1. The van der Waals surface area contributed by atoms with Gasteiger partial charge in [0.05, 0.1) is 26.1 Å². The number of rotatable bonds is 22. The van der Waals surface area contributed by atoms with Crippen molar-refractivity contribution in [3.05, 3.63) is 40.3 Å². The highest BCUT2D eigenvalue weighted by Gasteiger charge is 2.17. The van der Waals surface area contributed by atoms with E-state index in [0.717, 1.165) is 24.0 Å². The van der Waals surface area contributed by atoms with Gasteiger partial charge in [-0.25, -0.2) is 0 Å². The number of benzene rings is 1. The Balaban J connectivity index is 2.74. The highest BCUT2D eigenvalue weighted by Crippen LogP contribution is 2.07. The number of nitrogens with zero attached hydrogens (tertiary/aromatic N) is 5. The van der Waals surface area contributed by atoms with Crippen LogP contribution in [0.25, 0.3) is 0 Å². The van der Waals surface area contributed by atoms with Gasteiger partial charge in [-0.2, -0.15) is 0 Å². The minimum atomic E-state index is -1.02. The first-order valence-corrected chi connectivity index (χ1v) is 12.9. The predicted molar refractivity (Wildman–Crippen MR) is 145 cm³/mol. The van der Waals surface area contributed by atoms with Gasteiger partial charge in [-0.15, -0.1) is 4.91 Å². The Morgan fingerprint density at radius 3 is 1.77 bits per heavy atom. The molecule has 3 N–H and O–H groups in total. The average Bonchev–Trinajstić information content (AvgIpc) is 2.86. The Bertz CT molecular complexity index is 927. The standard InChI is InChI=1S/C26H41N5O8/c1-21-5-7-22(8-6-21)4-3-10-30(18-23(32)27-39)16-17-31(20-26(37)38)15-14-29(11-9-24(33)34)13-12-28(2)19-25(35)36/h5-8H,3-4,9-20H2,1-2H3,(H,33,34)(H,35,36)(H,37,38). The third-order valence-electron chi connectivity index (χ3n) is 6.19. The summed E-state index contributed by atoms with van der Waals surface area (Å²) in [5, 5.41) is 29.9. The van der Waals surface area contributed by atoms with Crippen LogP contribution in [0.3, 0.4) is 0 Å². The van der Waals surface area contributed by atoms with Gasteiger partial charge in [-0.05, 0) is 38.9 Å². The van der Waals surface area contributed by atoms with Gasteiger partial charge in [0, 0.05) is 51.0 Å². The summed E-state index contributed by atoms with van der Waals surface area (Å²) < 4.78 is 0. The fraction of sp³-hybridized carbons (Fsp3) is 0.615. The SMILES string of the molecule is Cc1ccc(CCCN(CCN(CCN(CCC(=O)O)CCN(C)CC(=O)O)CC(=O)O)CC(=O)N=O)cc1. The first-order chi connectivity index (χ1) is 18.5. The van der Waals surface area contributed by atoms with Crippen molar-refractivity contribution in [2.45, 2.75) is 26.2 Å². The van der Waals surface area contributed by atoms with Crippen LogP contribution in [0.5, 0.6) is 0 Å². The molecule has 0 unspecified atom stereocenters. The molecule has 0 aliphatic carbocycles. The van der Waals surface area contributed by atoms with Crippen molar-refractivity contribution in [3.8, 4) is 0 Å². The molecule has 0 aliphatic heterocycles. The zero-order valence-electron chi connectivity index (χ0n) is 22.8. The van der Waals surface area contributed by atoms with Crippen molar-refractivity contribution in [1.82, 2.24) is 19.6 Å². The van der Waals surface area contributed by atoms with Gasteiger partial charge in [0.25, 0.3) is 5.91 Å². The molecule has 0 bridgehead atoms. The van der Waals surface area contributed by atoms with Gasteiger partial charge in [0.15, 0.2) is 0 Å². The smallest absolute Gasteiger partial charge is 0.317 e. The zero-order valence-corrected chi connectivity index (χ0v) is 22.8. The number of carboxylic acids is 3. The Labute approximate surface area is 228 Å². The van der Waals surface area contributed by atoms with Gasteiger partial charge < -0.3 is 20.2 Å². The number of likely N-dealkylation sites (N-methyl/N-ethyl adjacent to an activating group) is 1.